The lowest BCUT2D eigenvalue weighted by molar-refractivity contribution is 0.0187. The van der Waals surface area contributed by atoms with E-state index in [1.807, 2.05) is 0 Å². The third-order valence-corrected chi connectivity index (χ3v) is 3.04. The monoisotopic (exact) mass is 254 g/mol. The first kappa shape index (κ1) is 13.3. The van der Waals surface area contributed by atoms with Gasteiger partial charge in [-0.2, -0.15) is 0 Å². The Bertz CT molecular complexity index is 381. The quantitative estimate of drug-likeness (QED) is 0.733. The number of ether oxygens (including phenoxy) is 1. The van der Waals surface area contributed by atoms with Crippen molar-refractivity contribution in [2.75, 3.05) is 19.6 Å². The zero-order valence-corrected chi connectivity index (χ0v) is 10.4. The second-order valence-electron chi connectivity index (χ2n) is 4.52. The lowest BCUT2D eigenvalue weighted by Gasteiger charge is -2.33. The number of hydrogen-bond donors (Lipinski definition) is 3. The van der Waals surface area contributed by atoms with Crippen molar-refractivity contribution in [1.29, 1.82) is 0 Å². The first-order valence-corrected chi connectivity index (χ1v) is 6.22. The van der Waals surface area contributed by atoms with Gasteiger partial charge in [0.15, 0.2) is 11.6 Å². The van der Waals surface area contributed by atoms with Gasteiger partial charge in [-0.25, -0.2) is 4.39 Å². The van der Waals surface area contributed by atoms with Gasteiger partial charge in [0.2, 0.25) is 0 Å². The van der Waals surface area contributed by atoms with Crippen LogP contribution in [0, 0.1) is 5.82 Å². The van der Waals surface area contributed by atoms with E-state index >= 15 is 0 Å². The number of rotatable bonds is 4. The molecule has 3 N–H and O–H groups in total. The van der Waals surface area contributed by atoms with Gasteiger partial charge in [0, 0.05) is 19.6 Å². The van der Waals surface area contributed by atoms with E-state index in [0.29, 0.717) is 6.54 Å². The molecule has 3 atom stereocenters. The molecule has 1 fully saturated rings. The molecular weight excluding hydrogens is 235 g/mol. The van der Waals surface area contributed by atoms with Crippen LogP contribution >= 0.6 is 0 Å². The van der Waals surface area contributed by atoms with Crippen LogP contribution in [-0.4, -0.2) is 43.0 Å². The summed E-state index contributed by atoms with van der Waals surface area (Å²) in [6, 6.07) is 6.21. The van der Waals surface area contributed by atoms with Gasteiger partial charge in [-0.3, -0.25) is 0 Å². The second kappa shape index (κ2) is 6.13. The van der Waals surface area contributed by atoms with Crippen LogP contribution in [0.15, 0.2) is 24.3 Å². The molecule has 0 radical (unpaired) electrons. The third-order valence-electron chi connectivity index (χ3n) is 3.04. The highest BCUT2D eigenvalue weighted by molar-refractivity contribution is 5.24. The Hall–Kier alpha value is -1.17. The topological polar surface area (TPSA) is 53.5 Å². The fourth-order valence-electron chi connectivity index (χ4n) is 2.11. The molecule has 5 heteroatoms. The molecule has 0 aromatic heterocycles. The van der Waals surface area contributed by atoms with Gasteiger partial charge in [0.05, 0.1) is 12.1 Å². The minimum Gasteiger partial charge on any atom is -0.483 e. The highest BCUT2D eigenvalue weighted by atomic mass is 19.1. The highest BCUT2D eigenvalue weighted by Crippen LogP contribution is 2.19. The number of benzene rings is 1. The van der Waals surface area contributed by atoms with E-state index in [1.54, 1.807) is 25.1 Å². The van der Waals surface area contributed by atoms with E-state index in [2.05, 4.69) is 10.6 Å². The molecule has 1 aliphatic rings. The van der Waals surface area contributed by atoms with Crippen LogP contribution in [-0.2, 0) is 0 Å². The van der Waals surface area contributed by atoms with Gasteiger partial charge in [-0.15, -0.1) is 0 Å². The zero-order chi connectivity index (χ0) is 13.0. The van der Waals surface area contributed by atoms with Crippen molar-refractivity contribution in [3.63, 3.8) is 0 Å². The molecular formula is C13H19FN2O2. The van der Waals surface area contributed by atoms with Crippen molar-refractivity contribution in [1.82, 2.24) is 10.6 Å². The van der Waals surface area contributed by atoms with Crippen molar-refractivity contribution in [2.45, 2.75) is 25.2 Å². The number of hydrogen-bond acceptors (Lipinski definition) is 4. The van der Waals surface area contributed by atoms with Gasteiger partial charge in [-0.1, -0.05) is 12.1 Å². The molecule has 0 saturated carbocycles. The van der Waals surface area contributed by atoms with Gasteiger partial charge >= 0.3 is 0 Å². The highest BCUT2D eigenvalue weighted by Gasteiger charge is 2.29. The predicted molar refractivity (Wildman–Crippen MR) is 67.2 cm³/mol. The van der Waals surface area contributed by atoms with Crippen LogP contribution in [0.4, 0.5) is 4.39 Å². The fraction of sp³-hybridized carbons (Fsp3) is 0.538. The molecule has 0 spiro atoms. The molecule has 1 heterocycles. The Labute approximate surface area is 106 Å². The molecule has 1 saturated heterocycles. The van der Waals surface area contributed by atoms with Crippen LogP contribution in [0.1, 0.15) is 6.92 Å². The average Bonchev–Trinajstić information content (AvgIpc) is 2.38. The summed E-state index contributed by atoms with van der Waals surface area (Å²) in [7, 11) is 0. The summed E-state index contributed by atoms with van der Waals surface area (Å²) in [4.78, 5) is 0. The predicted octanol–water partition coefficient (Wildman–Crippen LogP) is 0.515. The van der Waals surface area contributed by atoms with Crippen molar-refractivity contribution < 1.29 is 14.2 Å². The lowest BCUT2D eigenvalue weighted by atomic mass is 10.0. The number of para-hydroxylation sites is 1. The van der Waals surface area contributed by atoms with E-state index in [9.17, 15) is 9.50 Å². The fourth-order valence-corrected chi connectivity index (χ4v) is 2.11. The summed E-state index contributed by atoms with van der Waals surface area (Å²) in [5.41, 5.74) is 0. The Morgan fingerprint density at radius 1 is 1.39 bits per heavy atom. The number of nitrogens with one attached hydrogen (secondary N) is 2. The normalized spacial score (nSPS) is 23.4. The van der Waals surface area contributed by atoms with Crippen LogP contribution in [0.2, 0.25) is 0 Å². The molecule has 2 unspecified atom stereocenters. The van der Waals surface area contributed by atoms with Crippen molar-refractivity contribution in [2.24, 2.45) is 0 Å². The molecule has 1 aromatic rings. The van der Waals surface area contributed by atoms with E-state index in [1.165, 1.54) is 6.07 Å². The molecule has 4 nitrogen and oxygen atoms in total. The maximum Gasteiger partial charge on any atom is 0.165 e. The van der Waals surface area contributed by atoms with Crippen LogP contribution in [0.25, 0.3) is 0 Å². The van der Waals surface area contributed by atoms with Crippen LogP contribution in [0.3, 0.4) is 0 Å². The Balaban J connectivity index is 2.08. The smallest absolute Gasteiger partial charge is 0.165 e. The van der Waals surface area contributed by atoms with Gasteiger partial charge in [0.1, 0.15) is 6.10 Å². The molecule has 0 aliphatic carbocycles. The van der Waals surface area contributed by atoms with Crippen LogP contribution in [0.5, 0.6) is 5.75 Å². The Morgan fingerprint density at radius 2 is 2.17 bits per heavy atom. The number of aliphatic hydroxyl groups is 1. The van der Waals surface area contributed by atoms with E-state index in [0.717, 1.165) is 13.1 Å². The van der Waals surface area contributed by atoms with Gasteiger partial charge in [0.25, 0.3) is 0 Å². The summed E-state index contributed by atoms with van der Waals surface area (Å²) in [6.45, 7) is 4.06. The van der Waals surface area contributed by atoms with Gasteiger partial charge < -0.3 is 20.5 Å². The molecule has 0 bridgehead atoms. The summed E-state index contributed by atoms with van der Waals surface area (Å²) >= 11 is 0. The molecule has 0 amide bonds. The summed E-state index contributed by atoms with van der Waals surface area (Å²) in [6.07, 6.45) is -1.16. The third kappa shape index (κ3) is 3.19. The Kier molecular flexibility index (Phi) is 4.52. The minimum atomic E-state index is -0.679. The van der Waals surface area contributed by atoms with E-state index in [4.69, 9.17) is 4.74 Å². The Morgan fingerprint density at radius 3 is 2.78 bits per heavy atom. The van der Waals surface area contributed by atoms with Gasteiger partial charge in [-0.05, 0) is 19.1 Å². The van der Waals surface area contributed by atoms with E-state index in [-0.39, 0.29) is 11.8 Å². The lowest BCUT2D eigenvalue weighted by Crippen LogP contribution is -2.58. The summed E-state index contributed by atoms with van der Waals surface area (Å²) in [5.74, 6) is -0.234. The van der Waals surface area contributed by atoms with Crippen molar-refractivity contribution >= 4 is 0 Å². The molecule has 2 rings (SSSR count). The van der Waals surface area contributed by atoms with Crippen molar-refractivity contribution in [3.05, 3.63) is 30.1 Å². The molecule has 100 valence electrons. The average molecular weight is 254 g/mol. The van der Waals surface area contributed by atoms with Crippen molar-refractivity contribution in [3.8, 4) is 5.75 Å². The minimum absolute atomic E-state index is 0.0293. The molecule has 1 aliphatic heterocycles. The molecule has 18 heavy (non-hydrogen) atoms. The van der Waals surface area contributed by atoms with Crippen LogP contribution < -0.4 is 15.4 Å². The standard InChI is InChI=1S/C13H19FN2O2/c1-9(17)13(11-8-15-6-7-16-11)18-12-5-3-2-4-10(12)14/h2-5,9,11,13,15-17H,6-8H2,1H3/t9-,11?,13?/m1/s1. The summed E-state index contributed by atoms with van der Waals surface area (Å²) in [5, 5.41) is 16.3. The maximum atomic E-state index is 13.5. The second-order valence-corrected chi connectivity index (χ2v) is 4.52. The SMILES string of the molecule is C[C@@H](O)C(Oc1ccccc1F)C1CNCCN1. The largest absolute Gasteiger partial charge is 0.483 e. The molecule has 1 aromatic carbocycles. The van der Waals surface area contributed by atoms with E-state index < -0.39 is 18.0 Å². The first-order valence-electron chi connectivity index (χ1n) is 6.22. The first-order chi connectivity index (χ1) is 8.68. The zero-order valence-electron chi connectivity index (χ0n) is 10.4. The summed E-state index contributed by atoms with van der Waals surface area (Å²) < 4.78 is 19.2. The number of aliphatic hydroxyl groups excluding tert-OH is 1. The number of piperazine rings is 1. The number of halogens is 1. The maximum absolute atomic E-state index is 13.5.